The second kappa shape index (κ2) is 5.60. The Hall–Kier alpha value is -2.51. The summed E-state index contributed by atoms with van der Waals surface area (Å²) in [7, 11) is 2.99. The Bertz CT molecular complexity index is 781. The second-order valence-electron chi connectivity index (χ2n) is 5.25. The van der Waals surface area contributed by atoms with E-state index in [0.717, 1.165) is 6.20 Å². The minimum Gasteiger partial charge on any atom is -0.497 e. The summed E-state index contributed by atoms with van der Waals surface area (Å²) in [4.78, 5) is 8.10. The van der Waals surface area contributed by atoms with Crippen LogP contribution in [0.2, 0.25) is 0 Å². The van der Waals surface area contributed by atoms with Crippen LogP contribution in [0.3, 0.4) is 0 Å². The molecule has 1 aliphatic heterocycles. The lowest BCUT2D eigenvalue weighted by atomic mass is 9.76. The average molecular weight is 316 g/mol. The van der Waals surface area contributed by atoms with Crippen molar-refractivity contribution in [3.63, 3.8) is 0 Å². The van der Waals surface area contributed by atoms with Gasteiger partial charge in [0, 0.05) is 17.8 Å². The van der Waals surface area contributed by atoms with Gasteiger partial charge in [-0.1, -0.05) is 6.07 Å². The van der Waals surface area contributed by atoms with Crippen molar-refractivity contribution in [2.45, 2.75) is 11.6 Å². The molecule has 0 fully saturated rings. The number of nitrogens with two attached hydrogens (primary N) is 2. The van der Waals surface area contributed by atoms with E-state index in [9.17, 15) is 4.39 Å². The van der Waals surface area contributed by atoms with E-state index in [-0.39, 0.29) is 11.3 Å². The van der Waals surface area contributed by atoms with Gasteiger partial charge in [0.1, 0.15) is 11.5 Å². The molecule has 0 saturated carbocycles. The Morgan fingerprint density at radius 1 is 1.22 bits per heavy atom. The molecule has 0 bridgehead atoms. The number of aromatic nitrogens is 1. The number of nitrogens with zero attached hydrogens (tertiary/aromatic N) is 2. The third kappa shape index (κ3) is 2.25. The van der Waals surface area contributed by atoms with Crippen LogP contribution < -0.4 is 20.9 Å². The standard InChI is InChI=1S/C16H17FN4O2/c1-22-9-3-4-10-12(5-9)21-8-14(18)16(10,19)15-11(17)6-20-7-13(15)23-2/h3-8,14H,18-19H2,1-2H3. The summed E-state index contributed by atoms with van der Waals surface area (Å²) in [5, 5.41) is 0. The third-order valence-electron chi connectivity index (χ3n) is 4.05. The Labute approximate surface area is 132 Å². The number of rotatable bonds is 3. The SMILES string of the molecule is COc1ccc2c(c1)N=CC(N)C2(N)c1c(F)cncc1OC. The van der Waals surface area contributed by atoms with Gasteiger partial charge in [-0.05, 0) is 6.07 Å². The summed E-state index contributed by atoms with van der Waals surface area (Å²) in [6, 6.07) is 4.48. The van der Waals surface area contributed by atoms with Crippen molar-refractivity contribution in [1.82, 2.24) is 4.98 Å². The van der Waals surface area contributed by atoms with Crippen LogP contribution in [0.1, 0.15) is 11.1 Å². The molecule has 2 unspecified atom stereocenters. The van der Waals surface area contributed by atoms with E-state index >= 15 is 0 Å². The molecular weight excluding hydrogens is 299 g/mol. The quantitative estimate of drug-likeness (QED) is 0.894. The monoisotopic (exact) mass is 316 g/mol. The molecule has 2 atom stereocenters. The number of fused-ring (bicyclic) bond motifs is 1. The normalized spacial score (nSPS) is 22.6. The van der Waals surface area contributed by atoms with E-state index in [4.69, 9.17) is 20.9 Å². The van der Waals surface area contributed by atoms with Crippen molar-refractivity contribution in [2.24, 2.45) is 16.5 Å². The summed E-state index contributed by atoms with van der Waals surface area (Å²) in [6.07, 6.45) is 4.00. The second-order valence-corrected chi connectivity index (χ2v) is 5.25. The summed E-state index contributed by atoms with van der Waals surface area (Å²) in [5.41, 5.74) is 12.8. The Kier molecular flexibility index (Phi) is 3.75. The molecule has 0 radical (unpaired) electrons. The van der Waals surface area contributed by atoms with Crippen LogP contribution in [0.15, 0.2) is 35.6 Å². The molecule has 0 saturated heterocycles. The largest absolute Gasteiger partial charge is 0.497 e. The lowest BCUT2D eigenvalue weighted by Gasteiger charge is -2.38. The summed E-state index contributed by atoms with van der Waals surface area (Å²) in [5.74, 6) is 0.278. The van der Waals surface area contributed by atoms with Gasteiger partial charge >= 0.3 is 0 Å². The topological polar surface area (TPSA) is 95.8 Å². The summed E-state index contributed by atoms with van der Waals surface area (Å²) >= 11 is 0. The lowest BCUT2D eigenvalue weighted by molar-refractivity contribution is 0.374. The molecule has 23 heavy (non-hydrogen) atoms. The maximum atomic E-state index is 14.5. The van der Waals surface area contributed by atoms with Gasteiger partial charge in [0.25, 0.3) is 0 Å². The molecule has 3 rings (SSSR count). The fourth-order valence-corrected chi connectivity index (χ4v) is 2.83. The first-order valence-corrected chi connectivity index (χ1v) is 6.97. The molecule has 7 heteroatoms. The number of hydrogen-bond acceptors (Lipinski definition) is 6. The molecule has 1 aromatic carbocycles. The fourth-order valence-electron chi connectivity index (χ4n) is 2.83. The predicted octanol–water partition coefficient (Wildman–Crippen LogP) is 1.48. The van der Waals surface area contributed by atoms with Crippen molar-refractivity contribution < 1.29 is 13.9 Å². The number of methoxy groups -OCH3 is 2. The Morgan fingerprint density at radius 3 is 2.70 bits per heavy atom. The third-order valence-corrected chi connectivity index (χ3v) is 4.05. The maximum Gasteiger partial charge on any atom is 0.150 e. The van der Waals surface area contributed by atoms with Gasteiger partial charge in [-0.3, -0.25) is 9.98 Å². The molecule has 2 heterocycles. The zero-order valence-corrected chi connectivity index (χ0v) is 12.8. The number of aliphatic imine (C=N–C) groups is 1. The van der Waals surface area contributed by atoms with Gasteiger partial charge in [-0.2, -0.15) is 0 Å². The van der Waals surface area contributed by atoms with E-state index in [2.05, 4.69) is 9.98 Å². The van der Waals surface area contributed by atoms with Crippen LogP contribution in [0.25, 0.3) is 0 Å². The number of benzene rings is 1. The van der Waals surface area contributed by atoms with Gasteiger partial charge in [0.2, 0.25) is 0 Å². The zero-order chi connectivity index (χ0) is 16.6. The Balaban J connectivity index is 2.29. The van der Waals surface area contributed by atoms with Crippen molar-refractivity contribution >= 4 is 11.9 Å². The van der Waals surface area contributed by atoms with Crippen LogP contribution in [-0.4, -0.2) is 31.5 Å². The Morgan fingerprint density at radius 2 is 2.00 bits per heavy atom. The van der Waals surface area contributed by atoms with Gasteiger partial charge in [0.15, 0.2) is 5.82 Å². The molecule has 1 aromatic heterocycles. The van der Waals surface area contributed by atoms with Crippen LogP contribution in [0.5, 0.6) is 11.5 Å². The summed E-state index contributed by atoms with van der Waals surface area (Å²) in [6.45, 7) is 0. The van der Waals surface area contributed by atoms with Gasteiger partial charge in [-0.25, -0.2) is 4.39 Å². The minimum atomic E-state index is -1.33. The van der Waals surface area contributed by atoms with Gasteiger partial charge < -0.3 is 20.9 Å². The molecule has 2 aromatic rings. The molecule has 0 aliphatic carbocycles. The number of pyridine rings is 1. The maximum absolute atomic E-state index is 14.5. The average Bonchev–Trinajstić information content (AvgIpc) is 2.57. The summed E-state index contributed by atoms with van der Waals surface area (Å²) < 4.78 is 25.0. The van der Waals surface area contributed by atoms with Crippen molar-refractivity contribution in [3.05, 3.63) is 47.5 Å². The lowest BCUT2D eigenvalue weighted by Crippen LogP contribution is -2.56. The van der Waals surface area contributed by atoms with Gasteiger partial charge in [-0.15, -0.1) is 0 Å². The highest BCUT2D eigenvalue weighted by atomic mass is 19.1. The van der Waals surface area contributed by atoms with Crippen molar-refractivity contribution in [3.8, 4) is 11.5 Å². The van der Waals surface area contributed by atoms with Crippen molar-refractivity contribution in [1.29, 1.82) is 0 Å². The van der Waals surface area contributed by atoms with Crippen molar-refractivity contribution in [2.75, 3.05) is 14.2 Å². The van der Waals surface area contributed by atoms with E-state index in [1.165, 1.54) is 19.5 Å². The molecule has 4 N–H and O–H groups in total. The van der Waals surface area contributed by atoms with E-state index in [1.807, 2.05) is 0 Å². The molecule has 1 aliphatic rings. The highest BCUT2D eigenvalue weighted by Gasteiger charge is 2.44. The van der Waals surface area contributed by atoms with E-state index in [1.54, 1.807) is 25.3 Å². The highest BCUT2D eigenvalue weighted by molar-refractivity contribution is 5.80. The molecule has 0 amide bonds. The van der Waals surface area contributed by atoms with Crippen LogP contribution >= 0.6 is 0 Å². The first-order chi connectivity index (χ1) is 11.0. The molecular formula is C16H17FN4O2. The first-order valence-electron chi connectivity index (χ1n) is 6.97. The van der Waals surface area contributed by atoms with Gasteiger partial charge in [0.05, 0.1) is 49.4 Å². The number of ether oxygens (including phenoxy) is 2. The predicted molar refractivity (Wildman–Crippen MR) is 84.8 cm³/mol. The van der Waals surface area contributed by atoms with Crippen LogP contribution in [0, 0.1) is 5.82 Å². The minimum absolute atomic E-state index is 0.153. The molecule has 120 valence electrons. The van der Waals surface area contributed by atoms with Crippen LogP contribution in [0.4, 0.5) is 10.1 Å². The van der Waals surface area contributed by atoms with E-state index < -0.39 is 17.4 Å². The smallest absolute Gasteiger partial charge is 0.150 e. The van der Waals surface area contributed by atoms with E-state index in [0.29, 0.717) is 17.0 Å². The fraction of sp³-hybridized carbons (Fsp3) is 0.250. The number of halogens is 1. The zero-order valence-electron chi connectivity index (χ0n) is 12.8. The number of hydrogen-bond donors (Lipinski definition) is 2. The van der Waals surface area contributed by atoms with Crippen LogP contribution in [-0.2, 0) is 5.54 Å². The molecule has 6 nitrogen and oxygen atoms in total. The highest BCUT2D eigenvalue weighted by Crippen LogP contribution is 2.43. The molecule has 0 spiro atoms. The first kappa shape index (κ1) is 15.4.